The normalized spacial score (nSPS) is 11.5. The van der Waals surface area contributed by atoms with Crippen LogP contribution in [0.5, 0.6) is 0 Å². The molecule has 1 aromatic carbocycles. The highest BCUT2D eigenvalue weighted by molar-refractivity contribution is 5.94. The molecule has 0 atom stereocenters. The first kappa shape index (κ1) is 18.2. The molecule has 0 aliphatic heterocycles. The third-order valence-electron chi connectivity index (χ3n) is 2.87. The predicted molar refractivity (Wildman–Crippen MR) is 81.3 cm³/mol. The molecule has 2 rings (SSSR count). The molecule has 0 aliphatic carbocycles. The molecular weight excluding hydrogens is 341 g/mol. The lowest BCUT2D eigenvalue weighted by Crippen LogP contribution is -2.20. The standard InChI is InChI=1S/C16H13F3N2O4/c1-10-7-13(21-25-10)20-14(22)9-24-15(23)6-5-11-3-2-4-12(8-11)16(17,18)19/h2-8H,9H2,1H3,(H,20,21,22)/b6-5+. The molecule has 0 unspecified atom stereocenters. The van der Waals surface area contributed by atoms with Gasteiger partial charge in [0.05, 0.1) is 5.56 Å². The number of carbonyl (C=O) groups is 2. The number of anilines is 1. The molecule has 2 aromatic rings. The van der Waals surface area contributed by atoms with Crippen LogP contribution >= 0.6 is 0 Å². The highest BCUT2D eigenvalue weighted by Crippen LogP contribution is 2.29. The molecule has 1 N–H and O–H groups in total. The van der Waals surface area contributed by atoms with Gasteiger partial charge in [-0.05, 0) is 30.7 Å². The Morgan fingerprint density at radius 2 is 2.08 bits per heavy atom. The van der Waals surface area contributed by atoms with E-state index in [0.29, 0.717) is 5.76 Å². The Hall–Kier alpha value is -3.10. The van der Waals surface area contributed by atoms with Crippen molar-refractivity contribution >= 4 is 23.8 Å². The van der Waals surface area contributed by atoms with Gasteiger partial charge in [0.15, 0.2) is 12.4 Å². The summed E-state index contributed by atoms with van der Waals surface area (Å²) in [6.45, 7) is 1.07. The van der Waals surface area contributed by atoms with Gasteiger partial charge in [-0.25, -0.2) is 4.79 Å². The van der Waals surface area contributed by atoms with Crippen molar-refractivity contribution in [1.29, 1.82) is 0 Å². The minimum Gasteiger partial charge on any atom is -0.452 e. The van der Waals surface area contributed by atoms with Crippen molar-refractivity contribution in [3.05, 3.63) is 53.3 Å². The fraction of sp³-hybridized carbons (Fsp3) is 0.188. The van der Waals surface area contributed by atoms with Gasteiger partial charge >= 0.3 is 12.1 Å². The molecule has 6 nitrogen and oxygen atoms in total. The third-order valence-corrected chi connectivity index (χ3v) is 2.87. The van der Waals surface area contributed by atoms with Crippen LogP contribution in [0.4, 0.5) is 19.0 Å². The molecule has 0 aliphatic rings. The lowest BCUT2D eigenvalue weighted by molar-refractivity contribution is -0.142. The van der Waals surface area contributed by atoms with Crippen molar-refractivity contribution in [2.45, 2.75) is 13.1 Å². The van der Waals surface area contributed by atoms with Crippen LogP contribution in [-0.2, 0) is 20.5 Å². The van der Waals surface area contributed by atoms with E-state index in [1.807, 2.05) is 0 Å². The Morgan fingerprint density at radius 1 is 1.32 bits per heavy atom. The molecule has 25 heavy (non-hydrogen) atoms. The molecule has 0 fully saturated rings. The Balaban J connectivity index is 1.85. The second-order valence-electron chi connectivity index (χ2n) is 4.94. The Bertz CT molecular complexity index is 797. The van der Waals surface area contributed by atoms with Crippen LogP contribution in [0.1, 0.15) is 16.9 Å². The largest absolute Gasteiger partial charge is 0.452 e. The number of hydrogen-bond donors (Lipinski definition) is 1. The van der Waals surface area contributed by atoms with Crippen LogP contribution in [0.15, 0.2) is 40.9 Å². The van der Waals surface area contributed by atoms with Crippen molar-refractivity contribution in [3.63, 3.8) is 0 Å². The fourth-order valence-corrected chi connectivity index (χ4v) is 1.77. The van der Waals surface area contributed by atoms with Gasteiger partial charge in [-0.1, -0.05) is 17.3 Å². The topological polar surface area (TPSA) is 81.4 Å². The van der Waals surface area contributed by atoms with Gasteiger partial charge in [-0.2, -0.15) is 13.2 Å². The molecule has 0 saturated heterocycles. The molecule has 0 spiro atoms. The van der Waals surface area contributed by atoms with E-state index < -0.39 is 30.2 Å². The highest BCUT2D eigenvalue weighted by Gasteiger charge is 2.30. The molecular formula is C16H13F3N2O4. The number of nitrogens with one attached hydrogen (secondary N) is 1. The molecule has 0 bridgehead atoms. The van der Waals surface area contributed by atoms with Gasteiger partial charge in [-0.15, -0.1) is 0 Å². The van der Waals surface area contributed by atoms with Crippen LogP contribution in [0.2, 0.25) is 0 Å². The van der Waals surface area contributed by atoms with E-state index in [4.69, 9.17) is 4.52 Å². The van der Waals surface area contributed by atoms with Crippen LogP contribution in [0.3, 0.4) is 0 Å². The summed E-state index contributed by atoms with van der Waals surface area (Å²) in [5.74, 6) is -0.826. The summed E-state index contributed by atoms with van der Waals surface area (Å²) in [6, 6.07) is 5.92. The van der Waals surface area contributed by atoms with Crippen LogP contribution in [0, 0.1) is 6.92 Å². The molecule has 0 radical (unpaired) electrons. The number of esters is 1. The summed E-state index contributed by atoms with van der Waals surface area (Å²) < 4.78 is 47.2. The van der Waals surface area contributed by atoms with Crippen molar-refractivity contribution in [2.24, 2.45) is 0 Å². The van der Waals surface area contributed by atoms with Crippen LogP contribution in [-0.4, -0.2) is 23.6 Å². The van der Waals surface area contributed by atoms with Crippen LogP contribution in [0.25, 0.3) is 6.08 Å². The minimum absolute atomic E-state index is 0.175. The molecule has 1 amide bonds. The third kappa shape index (κ3) is 5.79. The van der Waals surface area contributed by atoms with Crippen molar-refractivity contribution in [1.82, 2.24) is 5.16 Å². The maximum absolute atomic E-state index is 12.6. The molecule has 132 valence electrons. The number of halogens is 3. The first-order chi connectivity index (χ1) is 11.7. The highest BCUT2D eigenvalue weighted by atomic mass is 19.4. The maximum atomic E-state index is 12.6. The lowest BCUT2D eigenvalue weighted by atomic mass is 10.1. The number of rotatable bonds is 5. The maximum Gasteiger partial charge on any atom is 0.416 e. The van der Waals surface area contributed by atoms with Crippen molar-refractivity contribution < 1.29 is 32.0 Å². The zero-order valence-electron chi connectivity index (χ0n) is 13.0. The summed E-state index contributed by atoms with van der Waals surface area (Å²) in [5.41, 5.74) is -0.653. The monoisotopic (exact) mass is 354 g/mol. The van der Waals surface area contributed by atoms with Gasteiger partial charge in [0, 0.05) is 12.1 Å². The van der Waals surface area contributed by atoms with Gasteiger partial charge in [0.25, 0.3) is 5.91 Å². The number of aromatic nitrogens is 1. The number of alkyl halides is 3. The lowest BCUT2D eigenvalue weighted by Gasteiger charge is -2.06. The predicted octanol–water partition coefficient (Wildman–Crippen LogP) is 3.20. The number of nitrogens with zero attached hydrogens (tertiary/aromatic N) is 1. The summed E-state index contributed by atoms with van der Waals surface area (Å²) in [7, 11) is 0. The second-order valence-corrected chi connectivity index (χ2v) is 4.94. The van der Waals surface area contributed by atoms with Gasteiger partial charge in [0.1, 0.15) is 5.76 Å². The number of ether oxygens (including phenoxy) is 1. The Kier molecular flexibility index (Phi) is 5.58. The second kappa shape index (κ2) is 7.65. The van der Waals surface area contributed by atoms with Gasteiger partial charge in [-0.3, -0.25) is 4.79 Å². The van der Waals surface area contributed by atoms with E-state index in [1.165, 1.54) is 18.2 Å². The Labute approximate surface area is 140 Å². The summed E-state index contributed by atoms with van der Waals surface area (Å²) in [5, 5.41) is 5.88. The number of carbonyl (C=O) groups excluding carboxylic acids is 2. The van der Waals surface area contributed by atoms with Gasteiger partial charge < -0.3 is 14.6 Å². The SMILES string of the molecule is Cc1cc(NC(=O)COC(=O)/C=C/c2cccc(C(F)(F)F)c2)no1. The van der Waals surface area contributed by atoms with E-state index in [2.05, 4.69) is 15.2 Å². The summed E-state index contributed by atoms with van der Waals surface area (Å²) >= 11 is 0. The summed E-state index contributed by atoms with van der Waals surface area (Å²) in [6.07, 6.45) is -2.37. The zero-order chi connectivity index (χ0) is 18.4. The smallest absolute Gasteiger partial charge is 0.416 e. The summed E-state index contributed by atoms with van der Waals surface area (Å²) in [4.78, 5) is 23.1. The zero-order valence-corrected chi connectivity index (χ0v) is 13.0. The van der Waals surface area contributed by atoms with Crippen molar-refractivity contribution in [2.75, 3.05) is 11.9 Å². The van der Waals surface area contributed by atoms with Crippen molar-refractivity contribution in [3.8, 4) is 0 Å². The number of hydrogen-bond acceptors (Lipinski definition) is 5. The molecule has 0 saturated carbocycles. The van der Waals surface area contributed by atoms with Crippen LogP contribution < -0.4 is 5.32 Å². The quantitative estimate of drug-likeness (QED) is 0.659. The van der Waals surface area contributed by atoms with E-state index in [1.54, 1.807) is 6.92 Å². The first-order valence-electron chi connectivity index (χ1n) is 6.99. The first-order valence-corrected chi connectivity index (χ1v) is 6.99. The van der Waals surface area contributed by atoms with E-state index in [-0.39, 0.29) is 11.4 Å². The number of aryl methyl sites for hydroxylation is 1. The molecule has 1 heterocycles. The van der Waals surface area contributed by atoms with E-state index in [0.717, 1.165) is 24.3 Å². The minimum atomic E-state index is -4.47. The Morgan fingerprint density at radius 3 is 2.72 bits per heavy atom. The molecule has 9 heteroatoms. The molecule has 1 aromatic heterocycles. The average Bonchev–Trinajstić information content (AvgIpc) is 2.95. The van der Waals surface area contributed by atoms with E-state index in [9.17, 15) is 22.8 Å². The number of benzene rings is 1. The van der Waals surface area contributed by atoms with Gasteiger partial charge in [0.2, 0.25) is 0 Å². The average molecular weight is 354 g/mol. The fourth-order valence-electron chi connectivity index (χ4n) is 1.77. The van der Waals surface area contributed by atoms with E-state index >= 15 is 0 Å². The number of amides is 1.